The first kappa shape index (κ1) is 12.7. The fourth-order valence-corrected chi connectivity index (χ4v) is 1.91. The number of nitrogens with zero attached hydrogens (tertiary/aromatic N) is 2. The highest BCUT2D eigenvalue weighted by atomic mass is 35.5. The Hall–Kier alpha value is -1.75. The van der Waals surface area contributed by atoms with Gasteiger partial charge in [0.1, 0.15) is 0 Å². The Bertz CT molecular complexity index is 586. The first-order valence-electron chi connectivity index (χ1n) is 5.51. The highest BCUT2D eigenvalue weighted by Crippen LogP contribution is 2.14. The number of hydrogen-bond acceptors (Lipinski definition) is 3. The second kappa shape index (κ2) is 4.86. The van der Waals surface area contributed by atoms with Gasteiger partial charge in [-0.1, -0.05) is 0 Å². The van der Waals surface area contributed by atoms with Crippen molar-refractivity contribution < 1.29 is 9.21 Å². The lowest BCUT2D eigenvalue weighted by molar-refractivity contribution is 0.0923. The van der Waals surface area contributed by atoms with E-state index in [9.17, 15) is 4.79 Å². The van der Waals surface area contributed by atoms with Crippen molar-refractivity contribution >= 4 is 17.5 Å². The van der Waals surface area contributed by atoms with Crippen molar-refractivity contribution in [3.05, 3.63) is 40.1 Å². The molecule has 0 unspecified atom stereocenters. The number of carbonyl (C=O) groups excluding carboxylic acids is 1. The molecule has 2 aromatic heterocycles. The summed E-state index contributed by atoms with van der Waals surface area (Å²) in [6.45, 7) is 4.30. The van der Waals surface area contributed by atoms with Gasteiger partial charge in [0.25, 0.3) is 5.91 Å². The van der Waals surface area contributed by atoms with E-state index < -0.39 is 0 Å². The number of aryl methyl sites for hydroxylation is 2. The third kappa shape index (κ3) is 2.41. The zero-order valence-electron chi connectivity index (χ0n) is 10.5. The van der Waals surface area contributed by atoms with Gasteiger partial charge in [-0.05, 0) is 37.6 Å². The van der Waals surface area contributed by atoms with Gasteiger partial charge in [-0.15, -0.1) is 0 Å². The van der Waals surface area contributed by atoms with Gasteiger partial charge in [0.2, 0.25) is 0 Å². The first-order valence-corrected chi connectivity index (χ1v) is 5.89. The summed E-state index contributed by atoms with van der Waals surface area (Å²) in [7, 11) is 1.87. The molecule has 0 atom stereocenters. The van der Waals surface area contributed by atoms with E-state index >= 15 is 0 Å². The third-order valence-electron chi connectivity index (χ3n) is 2.88. The molecule has 0 saturated carbocycles. The van der Waals surface area contributed by atoms with Crippen LogP contribution < -0.4 is 5.32 Å². The number of rotatable bonds is 3. The zero-order chi connectivity index (χ0) is 13.3. The second-order valence-corrected chi connectivity index (χ2v) is 4.43. The predicted octanol–water partition coefficient (Wildman–Crippen LogP) is 2.21. The Labute approximate surface area is 110 Å². The summed E-state index contributed by atoms with van der Waals surface area (Å²) in [6, 6.07) is 3.08. The molecule has 0 radical (unpaired) electrons. The van der Waals surface area contributed by atoms with Crippen LogP contribution in [0.5, 0.6) is 0 Å². The Balaban J connectivity index is 2.06. The van der Waals surface area contributed by atoms with Crippen molar-refractivity contribution in [2.75, 3.05) is 0 Å². The molecule has 6 heteroatoms. The minimum absolute atomic E-state index is 0.203. The molecule has 96 valence electrons. The van der Waals surface area contributed by atoms with Crippen LogP contribution in [-0.4, -0.2) is 15.7 Å². The van der Waals surface area contributed by atoms with Gasteiger partial charge in [0.05, 0.1) is 5.69 Å². The first-order chi connectivity index (χ1) is 8.49. The molecule has 1 amide bonds. The summed E-state index contributed by atoms with van der Waals surface area (Å²) >= 11 is 5.62. The molecule has 18 heavy (non-hydrogen) atoms. The summed E-state index contributed by atoms with van der Waals surface area (Å²) in [6.07, 6.45) is 0. The van der Waals surface area contributed by atoms with Crippen molar-refractivity contribution in [1.29, 1.82) is 0 Å². The Morgan fingerprint density at radius 2 is 2.22 bits per heavy atom. The number of carbonyl (C=O) groups is 1. The van der Waals surface area contributed by atoms with E-state index in [0.717, 1.165) is 17.0 Å². The fourth-order valence-electron chi connectivity index (χ4n) is 1.77. The molecule has 5 nitrogen and oxygen atoms in total. The molecule has 0 aliphatic rings. The maximum Gasteiger partial charge on any atom is 0.287 e. The molecule has 0 fully saturated rings. The van der Waals surface area contributed by atoms with E-state index in [0.29, 0.717) is 6.54 Å². The second-order valence-electron chi connectivity index (χ2n) is 4.06. The van der Waals surface area contributed by atoms with E-state index in [1.165, 1.54) is 6.07 Å². The number of amides is 1. The number of nitrogens with one attached hydrogen (secondary N) is 1. The molecule has 0 bridgehead atoms. The van der Waals surface area contributed by atoms with E-state index in [1.807, 2.05) is 20.9 Å². The van der Waals surface area contributed by atoms with Crippen LogP contribution in [0.3, 0.4) is 0 Å². The van der Waals surface area contributed by atoms with E-state index in [-0.39, 0.29) is 16.9 Å². The maximum atomic E-state index is 11.8. The molecule has 0 saturated heterocycles. The maximum absolute atomic E-state index is 11.8. The Kier molecular flexibility index (Phi) is 3.43. The lowest BCUT2D eigenvalue weighted by Gasteiger charge is -2.03. The molecular weight excluding hydrogens is 254 g/mol. The monoisotopic (exact) mass is 267 g/mol. The van der Waals surface area contributed by atoms with Gasteiger partial charge < -0.3 is 9.73 Å². The van der Waals surface area contributed by atoms with Crippen molar-refractivity contribution in [3.8, 4) is 0 Å². The fraction of sp³-hybridized carbons (Fsp3) is 0.333. The van der Waals surface area contributed by atoms with Crippen LogP contribution in [0, 0.1) is 13.8 Å². The quantitative estimate of drug-likeness (QED) is 0.928. The molecular formula is C12H14ClN3O2. The third-order valence-corrected chi connectivity index (χ3v) is 3.08. The normalized spacial score (nSPS) is 10.7. The van der Waals surface area contributed by atoms with Gasteiger partial charge in [-0.3, -0.25) is 9.48 Å². The SMILES string of the molecule is Cc1nn(C)c(C)c1CNC(=O)c1ccc(Cl)o1. The van der Waals surface area contributed by atoms with E-state index in [4.69, 9.17) is 16.0 Å². The van der Waals surface area contributed by atoms with Crippen molar-refractivity contribution in [1.82, 2.24) is 15.1 Å². The number of halogens is 1. The van der Waals surface area contributed by atoms with Crippen LogP contribution >= 0.6 is 11.6 Å². The summed E-state index contributed by atoms with van der Waals surface area (Å²) in [5, 5.41) is 7.27. The lowest BCUT2D eigenvalue weighted by atomic mass is 10.2. The Morgan fingerprint density at radius 3 is 2.72 bits per heavy atom. The smallest absolute Gasteiger partial charge is 0.287 e. The van der Waals surface area contributed by atoms with Gasteiger partial charge in [-0.2, -0.15) is 5.10 Å². The van der Waals surface area contributed by atoms with Gasteiger partial charge in [0.15, 0.2) is 11.0 Å². The average Bonchev–Trinajstić information content (AvgIpc) is 2.83. The van der Waals surface area contributed by atoms with Gasteiger partial charge in [-0.25, -0.2) is 0 Å². The van der Waals surface area contributed by atoms with Crippen LogP contribution in [0.1, 0.15) is 27.5 Å². The van der Waals surface area contributed by atoms with Crippen molar-refractivity contribution in [2.24, 2.45) is 7.05 Å². The van der Waals surface area contributed by atoms with Crippen molar-refractivity contribution in [3.63, 3.8) is 0 Å². The molecule has 2 rings (SSSR count). The topological polar surface area (TPSA) is 60.1 Å². The summed E-state index contributed by atoms with van der Waals surface area (Å²) in [5.41, 5.74) is 2.96. The highest BCUT2D eigenvalue weighted by molar-refractivity contribution is 6.29. The number of hydrogen-bond donors (Lipinski definition) is 1. The van der Waals surface area contributed by atoms with Crippen molar-refractivity contribution in [2.45, 2.75) is 20.4 Å². The summed E-state index contributed by atoms with van der Waals surface area (Å²) in [5.74, 6) is -0.0799. The van der Waals surface area contributed by atoms with Crippen LogP contribution in [0.4, 0.5) is 0 Å². The molecule has 0 aliphatic carbocycles. The largest absolute Gasteiger partial charge is 0.440 e. The average molecular weight is 268 g/mol. The van der Waals surface area contributed by atoms with E-state index in [1.54, 1.807) is 10.7 Å². The molecule has 1 N–H and O–H groups in total. The lowest BCUT2D eigenvalue weighted by Crippen LogP contribution is -2.22. The summed E-state index contributed by atoms with van der Waals surface area (Å²) in [4.78, 5) is 11.8. The standard InChI is InChI=1S/C12H14ClN3O2/c1-7-9(8(2)16(3)15-7)6-14-12(17)10-4-5-11(13)18-10/h4-5H,6H2,1-3H3,(H,14,17). The number of furan rings is 1. The highest BCUT2D eigenvalue weighted by Gasteiger charge is 2.13. The number of aromatic nitrogens is 2. The predicted molar refractivity (Wildman–Crippen MR) is 67.6 cm³/mol. The van der Waals surface area contributed by atoms with Gasteiger partial charge >= 0.3 is 0 Å². The minimum atomic E-state index is -0.287. The van der Waals surface area contributed by atoms with Crippen LogP contribution in [-0.2, 0) is 13.6 Å². The minimum Gasteiger partial charge on any atom is -0.440 e. The molecule has 2 heterocycles. The van der Waals surface area contributed by atoms with Crippen LogP contribution in [0.2, 0.25) is 5.22 Å². The van der Waals surface area contributed by atoms with Crippen LogP contribution in [0.15, 0.2) is 16.5 Å². The van der Waals surface area contributed by atoms with E-state index in [2.05, 4.69) is 10.4 Å². The molecule has 0 aromatic carbocycles. The van der Waals surface area contributed by atoms with Crippen LogP contribution in [0.25, 0.3) is 0 Å². The molecule has 0 spiro atoms. The summed E-state index contributed by atoms with van der Waals surface area (Å²) < 4.78 is 6.82. The molecule has 0 aliphatic heterocycles. The molecule has 2 aromatic rings. The van der Waals surface area contributed by atoms with Gasteiger partial charge in [0, 0.05) is 24.8 Å². The Morgan fingerprint density at radius 1 is 1.50 bits per heavy atom. The zero-order valence-corrected chi connectivity index (χ0v) is 11.2.